The summed E-state index contributed by atoms with van der Waals surface area (Å²) in [4.78, 5) is 49.6. The Morgan fingerprint density at radius 1 is 1.00 bits per heavy atom. The Labute approximate surface area is 164 Å². The van der Waals surface area contributed by atoms with Gasteiger partial charge in [-0.2, -0.15) is 0 Å². The van der Waals surface area contributed by atoms with Gasteiger partial charge in [-0.1, -0.05) is 0 Å². The number of nitrogens with zero attached hydrogens (tertiary/aromatic N) is 2. The molecule has 29 heavy (non-hydrogen) atoms. The number of hydrogen-bond donors (Lipinski definition) is 5. The predicted molar refractivity (Wildman–Crippen MR) is 89.5 cm³/mol. The number of nitrogens with two attached hydrogens (primary N) is 1. The Kier molecular flexibility index (Phi) is 4.94. The van der Waals surface area contributed by atoms with Crippen molar-refractivity contribution in [3.8, 4) is 0 Å². The third kappa shape index (κ3) is 3.34. The van der Waals surface area contributed by atoms with Crippen molar-refractivity contribution in [1.29, 1.82) is 0 Å². The van der Waals surface area contributed by atoms with Crippen LogP contribution >= 0.6 is 0 Å². The number of carbonyl (C=O) groups excluding carboxylic acids is 3. The lowest BCUT2D eigenvalue weighted by Crippen LogP contribution is -2.60. The highest BCUT2D eigenvalue weighted by Crippen LogP contribution is 2.31. The molecule has 0 radical (unpaired) electrons. The fourth-order valence-electron chi connectivity index (χ4n) is 3.93. The molecule has 4 saturated heterocycles. The van der Waals surface area contributed by atoms with Gasteiger partial charge in [0.15, 0.2) is 6.04 Å². The van der Waals surface area contributed by atoms with E-state index >= 15 is 0 Å². The van der Waals surface area contributed by atoms with Crippen LogP contribution in [0.5, 0.6) is 0 Å². The first-order valence-corrected chi connectivity index (χ1v) is 9.22. The molecule has 0 spiro atoms. The zero-order valence-electron chi connectivity index (χ0n) is 15.2. The maximum Gasteiger partial charge on any atom is 0.329 e. The first kappa shape index (κ1) is 20.0. The van der Waals surface area contributed by atoms with E-state index in [-0.39, 0.29) is 37.7 Å². The van der Waals surface area contributed by atoms with Crippen LogP contribution in [0.15, 0.2) is 0 Å². The molecule has 0 aromatic heterocycles. The van der Waals surface area contributed by atoms with Gasteiger partial charge >= 0.3 is 5.97 Å². The summed E-state index contributed by atoms with van der Waals surface area (Å²) in [7, 11) is 0. The van der Waals surface area contributed by atoms with Crippen LogP contribution in [0.4, 0.5) is 0 Å². The minimum atomic E-state index is -1.76. The summed E-state index contributed by atoms with van der Waals surface area (Å²) in [6.07, 6.45) is -5.58. The van der Waals surface area contributed by atoms with E-state index in [0.29, 0.717) is 0 Å². The zero-order chi connectivity index (χ0) is 21.0. The van der Waals surface area contributed by atoms with Gasteiger partial charge in [-0.05, 0) is 0 Å². The number of aliphatic hydroxyl groups is 2. The lowest BCUT2D eigenvalue weighted by atomic mass is 10.0. The summed E-state index contributed by atoms with van der Waals surface area (Å²) < 4.78 is 10.9. The number of aliphatic hydroxyl groups excluding tert-OH is 2. The van der Waals surface area contributed by atoms with Crippen LogP contribution < -0.4 is 11.1 Å². The summed E-state index contributed by atoms with van der Waals surface area (Å²) >= 11 is 0. The molecule has 3 amide bonds. The van der Waals surface area contributed by atoms with Gasteiger partial charge in [0.2, 0.25) is 17.7 Å². The number of ether oxygens (including phenoxy) is 2. The molecule has 0 aromatic carbocycles. The first-order chi connectivity index (χ1) is 13.7. The molecule has 4 fully saturated rings. The van der Waals surface area contributed by atoms with Crippen molar-refractivity contribution in [3.63, 3.8) is 0 Å². The quantitative estimate of drug-likeness (QED) is 0.254. The van der Waals surface area contributed by atoms with Gasteiger partial charge in [-0.3, -0.25) is 14.4 Å². The summed E-state index contributed by atoms with van der Waals surface area (Å²) in [6, 6.07) is -3.31. The van der Waals surface area contributed by atoms with Crippen molar-refractivity contribution in [2.24, 2.45) is 5.73 Å². The number of carboxylic acids is 1. The van der Waals surface area contributed by atoms with E-state index in [9.17, 15) is 34.5 Å². The molecule has 4 rings (SSSR count). The van der Waals surface area contributed by atoms with Crippen molar-refractivity contribution in [3.05, 3.63) is 0 Å². The third-order valence-electron chi connectivity index (χ3n) is 5.79. The molecular weight excluding hydrogens is 392 g/mol. The van der Waals surface area contributed by atoms with Gasteiger partial charge in [-0.25, -0.2) is 4.79 Å². The molecule has 6 N–H and O–H groups in total. The van der Waals surface area contributed by atoms with Gasteiger partial charge in [0.1, 0.15) is 42.9 Å². The van der Waals surface area contributed by atoms with Gasteiger partial charge in [0.25, 0.3) is 0 Å². The number of carbonyl (C=O) groups is 4. The van der Waals surface area contributed by atoms with E-state index in [1.54, 1.807) is 0 Å². The lowest BCUT2D eigenvalue weighted by molar-refractivity contribution is -0.161. The molecule has 13 heteroatoms. The minimum absolute atomic E-state index is 0.0140. The molecule has 4 aliphatic rings. The number of aliphatic carboxylic acids is 1. The SMILES string of the molecule is NC(C(=O)NC(C(=O)O)C(O)[C@H]1CN2C(=O)C[C@@H]2O1)C(O)[C@H]1CN2C(=O)C[C@H]2O1. The molecular formula is C16H22N4O9. The molecule has 4 heterocycles. The van der Waals surface area contributed by atoms with E-state index in [0.717, 1.165) is 0 Å². The largest absolute Gasteiger partial charge is 0.480 e. The Balaban J connectivity index is 1.35. The molecule has 4 aliphatic heterocycles. The maximum atomic E-state index is 12.4. The standard InChI is InChI=1S/C16H22N4O9/c17-11(13(23)5-3-19-7(21)1-9(19)28-5)15(25)18-12(16(26)27)14(24)6-4-20-8(22)2-10(20)29-6/h5-6,9-14,23-24H,1-4,17H2,(H,18,25)(H,26,27)/t5-,6-,9-,10+,11?,12?,13?,14?/m1/s1. The summed E-state index contributed by atoms with van der Waals surface area (Å²) in [5.41, 5.74) is 5.76. The van der Waals surface area contributed by atoms with Gasteiger partial charge in [-0.15, -0.1) is 0 Å². The summed E-state index contributed by atoms with van der Waals surface area (Å²) in [5.74, 6) is -2.82. The van der Waals surface area contributed by atoms with Crippen molar-refractivity contribution in [2.75, 3.05) is 13.1 Å². The second-order valence-corrected chi connectivity index (χ2v) is 7.59. The molecule has 4 unspecified atom stereocenters. The van der Waals surface area contributed by atoms with Crippen LogP contribution in [0.2, 0.25) is 0 Å². The van der Waals surface area contributed by atoms with Crippen molar-refractivity contribution in [1.82, 2.24) is 15.1 Å². The highest BCUT2D eigenvalue weighted by Gasteiger charge is 2.51. The van der Waals surface area contributed by atoms with Crippen molar-refractivity contribution >= 4 is 23.7 Å². The smallest absolute Gasteiger partial charge is 0.329 e. The molecule has 8 atom stereocenters. The molecule has 0 bridgehead atoms. The number of nitrogens with one attached hydrogen (secondary N) is 1. The number of rotatable bonds is 7. The van der Waals surface area contributed by atoms with Crippen LogP contribution in [0.3, 0.4) is 0 Å². The Hall–Kier alpha value is -2.32. The van der Waals surface area contributed by atoms with E-state index in [2.05, 4.69) is 5.32 Å². The number of carboxylic acid groups (broad SMARTS) is 1. The van der Waals surface area contributed by atoms with E-state index < -0.39 is 60.8 Å². The van der Waals surface area contributed by atoms with Gasteiger partial charge in [0, 0.05) is 0 Å². The van der Waals surface area contributed by atoms with E-state index in [4.69, 9.17) is 15.2 Å². The Morgan fingerprint density at radius 3 is 1.90 bits per heavy atom. The Morgan fingerprint density at radius 2 is 1.48 bits per heavy atom. The van der Waals surface area contributed by atoms with Crippen LogP contribution in [0.1, 0.15) is 12.8 Å². The number of amides is 3. The van der Waals surface area contributed by atoms with Crippen LogP contribution in [-0.2, 0) is 28.7 Å². The van der Waals surface area contributed by atoms with Crippen LogP contribution in [0.25, 0.3) is 0 Å². The van der Waals surface area contributed by atoms with E-state index in [1.807, 2.05) is 0 Å². The summed E-state index contributed by atoms with van der Waals surface area (Å²) in [5, 5.41) is 32.2. The van der Waals surface area contributed by atoms with Gasteiger partial charge in [0.05, 0.1) is 25.9 Å². The third-order valence-corrected chi connectivity index (χ3v) is 5.79. The van der Waals surface area contributed by atoms with E-state index in [1.165, 1.54) is 9.80 Å². The second kappa shape index (κ2) is 7.18. The fourth-order valence-corrected chi connectivity index (χ4v) is 3.93. The molecule has 0 aromatic rings. The average Bonchev–Trinajstić information content (AvgIpc) is 3.20. The number of β-lactam (4-membered cyclic amide) rings is 2. The number of fused-ring (bicyclic) bond motifs is 2. The maximum absolute atomic E-state index is 12.4. The topological polar surface area (TPSA) is 192 Å². The second-order valence-electron chi connectivity index (χ2n) is 7.59. The molecule has 13 nitrogen and oxygen atoms in total. The lowest BCUT2D eigenvalue weighted by Gasteiger charge is -2.31. The average molecular weight is 414 g/mol. The molecule has 160 valence electrons. The van der Waals surface area contributed by atoms with Crippen LogP contribution in [-0.4, -0.2) is 111 Å². The van der Waals surface area contributed by atoms with Crippen LogP contribution in [0, 0.1) is 0 Å². The first-order valence-electron chi connectivity index (χ1n) is 9.22. The van der Waals surface area contributed by atoms with Crippen molar-refractivity contribution in [2.45, 2.75) is 61.8 Å². The fraction of sp³-hybridized carbons (Fsp3) is 0.750. The highest BCUT2D eigenvalue weighted by molar-refractivity contribution is 5.88. The highest BCUT2D eigenvalue weighted by atomic mass is 16.5. The zero-order valence-corrected chi connectivity index (χ0v) is 15.2. The monoisotopic (exact) mass is 414 g/mol. The Bertz CT molecular complexity index is 748. The molecule has 0 aliphatic carbocycles. The summed E-state index contributed by atoms with van der Waals surface area (Å²) in [6.45, 7) is 0.0952. The predicted octanol–water partition coefficient (Wildman–Crippen LogP) is -4.48. The minimum Gasteiger partial charge on any atom is -0.480 e. The van der Waals surface area contributed by atoms with Gasteiger partial charge < -0.3 is 45.6 Å². The normalized spacial score (nSPS) is 34.4. The number of hydrogen-bond acceptors (Lipinski definition) is 9. The molecule has 0 saturated carbocycles. The van der Waals surface area contributed by atoms with Crippen molar-refractivity contribution < 1.29 is 44.0 Å².